The highest BCUT2D eigenvalue weighted by Crippen LogP contribution is 2.42. The summed E-state index contributed by atoms with van der Waals surface area (Å²) in [6.45, 7) is 0. The van der Waals surface area contributed by atoms with E-state index in [1.165, 1.54) is 0 Å². The predicted molar refractivity (Wildman–Crippen MR) is 55.8 cm³/mol. The van der Waals surface area contributed by atoms with Crippen molar-refractivity contribution in [2.24, 2.45) is 5.73 Å². The summed E-state index contributed by atoms with van der Waals surface area (Å²) in [6.07, 6.45) is -0.545. The van der Waals surface area contributed by atoms with Crippen LogP contribution in [0.5, 0.6) is 0 Å². The molecule has 70 valence electrons. The molecule has 2 atom stereocenters. The van der Waals surface area contributed by atoms with E-state index in [4.69, 9.17) is 5.73 Å². The van der Waals surface area contributed by atoms with Gasteiger partial charge in [-0.05, 0) is 21.9 Å². The Morgan fingerprint density at radius 3 is 2.36 bits per heavy atom. The molecule has 2 aromatic carbocycles. The number of hydrogen-bond acceptors (Lipinski definition) is 2. The molecule has 0 saturated carbocycles. The molecule has 0 unspecified atom stereocenters. The van der Waals surface area contributed by atoms with Gasteiger partial charge in [0.2, 0.25) is 0 Å². The van der Waals surface area contributed by atoms with Crippen LogP contribution < -0.4 is 5.73 Å². The lowest BCUT2D eigenvalue weighted by molar-refractivity contribution is 0.155. The second-order valence-corrected chi connectivity index (χ2v) is 3.76. The molecule has 0 aromatic heterocycles. The molecule has 1 aliphatic rings. The van der Waals surface area contributed by atoms with Gasteiger partial charge in [-0.25, -0.2) is 0 Å². The molecule has 14 heavy (non-hydrogen) atoms. The molecule has 2 heteroatoms. The Labute approximate surface area is 82.0 Å². The van der Waals surface area contributed by atoms with Gasteiger partial charge in [0.25, 0.3) is 0 Å². The molecular weight excluding hydrogens is 174 g/mol. The van der Waals surface area contributed by atoms with Crippen LogP contribution in [0.3, 0.4) is 0 Å². The van der Waals surface area contributed by atoms with Crippen LogP contribution in [0.1, 0.15) is 23.3 Å². The first-order valence-corrected chi connectivity index (χ1v) is 4.74. The molecule has 2 aromatic rings. The Morgan fingerprint density at radius 2 is 1.64 bits per heavy atom. The van der Waals surface area contributed by atoms with Crippen LogP contribution in [0.15, 0.2) is 36.4 Å². The zero-order valence-electron chi connectivity index (χ0n) is 7.64. The van der Waals surface area contributed by atoms with Crippen LogP contribution in [-0.4, -0.2) is 5.11 Å². The largest absolute Gasteiger partial charge is 0.386 e. The maximum atomic E-state index is 9.91. The van der Waals surface area contributed by atoms with Crippen molar-refractivity contribution in [2.45, 2.75) is 12.1 Å². The minimum absolute atomic E-state index is 0.268. The monoisotopic (exact) mass is 185 g/mol. The van der Waals surface area contributed by atoms with Gasteiger partial charge in [0.15, 0.2) is 0 Å². The summed E-state index contributed by atoms with van der Waals surface area (Å²) in [7, 11) is 0. The second kappa shape index (κ2) is 2.56. The van der Waals surface area contributed by atoms with E-state index in [2.05, 4.69) is 0 Å². The van der Waals surface area contributed by atoms with Crippen molar-refractivity contribution in [1.29, 1.82) is 0 Å². The van der Waals surface area contributed by atoms with E-state index in [1.54, 1.807) is 0 Å². The Hall–Kier alpha value is -1.38. The standard InChI is InChI=1S/C12H11NO/c13-11-8-5-1-3-7-4-2-6-9(10(7)8)12(11)14/h1-6,11-12,14H,13H2/t11-,12+/m1/s1. The SMILES string of the molecule is N[C@@H]1c2cccc3cccc(c23)[C@@H]1O. The fourth-order valence-electron chi connectivity index (χ4n) is 2.29. The van der Waals surface area contributed by atoms with Gasteiger partial charge in [-0.3, -0.25) is 0 Å². The Morgan fingerprint density at radius 1 is 1.00 bits per heavy atom. The first kappa shape index (κ1) is 7.97. The third kappa shape index (κ3) is 0.820. The fraction of sp³-hybridized carbons (Fsp3) is 0.167. The normalized spacial score (nSPS) is 24.4. The average molecular weight is 185 g/mol. The van der Waals surface area contributed by atoms with Gasteiger partial charge >= 0.3 is 0 Å². The number of benzene rings is 2. The van der Waals surface area contributed by atoms with E-state index in [-0.39, 0.29) is 6.04 Å². The van der Waals surface area contributed by atoms with E-state index < -0.39 is 6.10 Å². The van der Waals surface area contributed by atoms with Crippen LogP contribution in [0.4, 0.5) is 0 Å². The summed E-state index contributed by atoms with van der Waals surface area (Å²) in [5.74, 6) is 0. The lowest BCUT2D eigenvalue weighted by Gasteiger charge is -2.09. The molecule has 0 fully saturated rings. The fourth-order valence-corrected chi connectivity index (χ4v) is 2.29. The van der Waals surface area contributed by atoms with Crippen molar-refractivity contribution in [2.75, 3.05) is 0 Å². The number of aliphatic hydroxyl groups excluding tert-OH is 1. The zero-order valence-corrected chi connectivity index (χ0v) is 7.64. The van der Waals surface area contributed by atoms with Gasteiger partial charge in [-0.1, -0.05) is 36.4 Å². The third-order valence-corrected chi connectivity index (χ3v) is 2.99. The predicted octanol–water partition coefficient (Wildman–Crippen LogP) is 1.89. The van der Waals surface area contributed by atoms with Crippen molar-refractivity contribution in [3.63, 3.8) is 0 Å². The molecule has 0 amide bonds. The van der Waals surface area contributed by atoms with Crippen LogP contribution in [0, 0.1) is 0 Å². The minimum atomic E-state index is -0.545. The van der Waals surface area contributed by atoms with Gasteiger partial charge in [-0.15, -0.1) is 0 Å². The zero-order chi connectivity index (χ0) is 9.71. The molecule has 0 aliphatic heterocycles. The van der Waals surface area contributed by atoms with Crippen molar-refractivity contribution in [3.05, 3.63) is 47.5 Å². The van der Waals surface area contributed by atoms with E-state index in [9.17, 15) is 5.11 Å². The quantitative estimate of drug-likeness (QED) is 0.658. The topological polar surface area (TPSA) is 46.2 Å². The van der Waals surface area contributed by atoms with E-state index in [0.717, 1.165) is 21.9 Å². The Balaban J connectivity index is 2.49. The molecule has 0 spiro atoms. The summed E-state index contributed by atoms with van der Waals surface area (Å²) in [5, 5.41) is 12.2. The van der Waals surface area contributed by atoms with Gasteiger partial charge in [-0.2, -0.15) is 0 Å². The third-order valence-electron chi connectivity index (χ3n) is 2.99. The first-order valence-electron chi connectivity index (χ1n) is 4.74. The highest BCUT2D eigenvalue weighted by atomic mass is 16.3. The van der Waals surface area contributed by atoms with E-state index >= 15 is 0 Å². The number of nitrogens with two attached hydrogens (primary N) is 1. The molecular formula is C12H11NO. The maximum Gasteiger partial charge on any atom is 0.0988 e. The molecule has 1 aliphatic carbocycles. The van der Waals surface area contributed by atoms with Crippen molar-refractivity contribution in [1.82, 2.24) is 0 Å². The van der Waals surface area contributed by atoms with Crippen molar-refractivity contribution >= 4 is 10.8 Å². The molecule has 3 N–H and O–H groups in total. The highest BCUT2D eigenvalue weighted by Gasteiger charge is 2.29. The summed E-state index contributed by atoms with van der Waals surface area (Å²) in [5.41, 5.74) is 7.96. The lowest BCUT2D eigenvalue weighted by atomic mass is 10.1. The summed E-state index contributed by atoms with van der Waals surface area (Å²) in [6, 6.07) is 11.7. The molecule has 0 bridgehead atoms. The first-order chi connectivity index (χ1) is 6.79. The Kier molecular flexibility index (Phi) is 1.46. The molecule has 0 heterocycles. The van der Waals surface area contributed by atoms with Crippen LogP contribution in [0.25, 0.3) is 10.8 Å². The van der Waals surface area contributed by atoms with Crippen molar-refractivity contribution < 1.29 is 5.11 Å². The van der Waals surface area contributed by atoms with Gasteiger partial charge in [0.05, 0.1) is 12.1 Å². The molecule has 0 saturated heterocycles. The number of rotatable bonds is 0. The molecule has 0 radical (unpaired) electrons. The number of aliphatic hydroxyl groups is 1. The molecule has 2 nitrogen and oxygen atoms in total. The van der Waals surface area contributed by atoms with Gasteiger partial charge < -0.3 is 10.8 Å². The van der Waals surface area contributed by atoms with E-state index in [0.29, 0.717) is 0 Å². The minimum Gasteiger partial charge on any atom is -0.386 e. The van der Waals surface area contributed by atoms with Crippen LogP contribution >= 0.6 is 0 Å². The Bertz CT molecular complexity index is 464. The van der Waals surface area contributed by atoms with E-state index in [1.807, 2.05) is 36.4 Å². The molecule has 3 rings (SSSR count). The van der Waals surface area contributed by atoms with Crippen LogP contribution in [-0.2, 0) is 0 Å². The smallest absolute Gasteiger partial charge is 0.0988 e. The lowest BCUT2D eigenvalue weighted by Crippen LogP contribution is -2.13. The van der Waals surface area contributed by atoms with Crippen molar-refractivity contribution in [3.8, 4) is 0 Å². The summed E-state index contributed by atoms with van der Waals surface area (Å²) < 4.78 is 0. The number of hydrogen-bond donors (Lipinski definition) is 2. The summed E-state index contributed by atoms with van der Waals surface area (Å²) in [4.78, 5) is 0. The average Bonchev–Trinajstić information content (AvgIpc) is 2.47. The summed E-state index contributed by atoms with van der Waals surface area (Å²) >= 11 is 0. The highest BCUT2D eigenvalue weighted by molar-refractivity contribution is 5.91. The van der Waals surface area contributed by atoms with Gasteiger partial charge in [0, 0.05) is 0 Å². The second-order valence-electron chi connectivity index (χ2n) is 3.76. The van der Waals surface area contributed by atoms with Gasteiger partial charge in [0.1, 0.15) is 0 Å². The van der Waals surface area contributed by atoms with Crippen LogP contribution in [0.2, 0.25) is 0 Å². The maximum absolute atomic E-state index is 9.91.